The van der Waals surface area contributed by atoms with Gasteiger partial charge in [0.15, 0.2) is 5.82 Å². The zero-order chi connectivity index (χ0) is 13.9. The second-order valence-corrected chi connectivity index (χ2v) is 4.90. The molecule has 1 unspecified atom stereocenters. The van der Waals surface area contributed by atoms with Crippen LogP contribution in [0.3, 0.4) is 0 Å². The molecule has 1 atom stereocenters. The van der Waals surface area contributed by atoms with Gasteiger partial charge in [-0.1, -0.05) is 31.2 Å². The molecule has 0 amide bonds. The van der Waals surface area contributed by atoms with Gasteiger partial charge in [0.25, 0.3) is 0 Å². The molecule has 0 aliphatic heterocycles. The first-order valence-corrected chi connectivity index (χ1v) is 6.91. The molecule has 1 N–H and O–H groups in total. The molecule has 20 heavy (non-hydrogen) atoms. The number of aromatic nitrogens is 3. The summed E-state index contributed by atoms with van der Waals surface area (Å²) in [5.41, 5.74) is 3.60. The summed E-state index contributed by atoms with van der Waals surface area (Å²) >= 11 is 0. The van der Waals surface area contributed by atoms with Crippen molar-refractivity contribution in [2.75, 3.05) is 5.32 Å². The Morgan fingerprint density at radius 1 is 1.15 bits per heavy atom. The first-order chi connectivity index (χ1) is 9.78. The molecule has 4 nitrogen and oxygen atoms in total. The average Bonchev–Trinajstić information content (AvgIpc) is 2.97. The topological polar surface area (TPSA) is 42.2 Å². The molecule has 0 radical (unpaired) electrons. The highest BCUT2D eigenvalue weighted by atomic mass is 15.2. The summed E-state index contributed by atoms with van der Waals surface area (Å²) in [6, 6.07) is 10.9. The molecule has 0 fully saturated rings. The van der Waals surface area contributed by atoms with Crippen molar-refractivity contribution >= 4 is 11.3 Å². The molecule has 1 aromatic carbocycles. The second-order valence-electron chi connectivity index (χ2n) is 4.90. The second kappa shape index (κ2) is 5.33. The van der Waals surface area contributed by atoms with E-state index in [2.05, 4.69) is 53.5 Å². The largest absolute Gasteiger partial charge is 0.362 e. The fraction of sp³-hybridized carbons (Fsp3) is 0.250. The van der Waals surface area contributed by atoms with Crippen LogP contribution >= 0.6 is 0 Å². The van der Waals surface area contributed by atoms with Crippen LogP contribution in [0.5, 0.6) is 0 Å². The number of hydrogen-bond donors (Lipinski definition) is 1. The maximum atomic E-state index is 4.41. The predicted molar refractivity (Wildman–Crippen MR) is 80.8 cm³/mol. The number of benzene rings is 1. The van der Waals surface area contributed by atoms with Gasteiger partial charge in [0.1, 0.15) is 5.52 Å². The van der Waals surface area contributed by atoms with E-state index < -0.39 is 0 Å². The smallest absolute Gasteiger partial charge is 0.152 e. The number of aryl methyl sites for hydroxylation is 1. The summed E-state index contributed by atoms with van der Waals surface area (Å²) in [7, 11) is 0. The SMILES string of the molecule is CCc1ccc(C(C)Nc2nccn3nccc23)cc1. The molecule has 0 aliphatic rings. The summed E-state index contributed by atoms with van der Waals surface area (Å²) in [6.45, 7) is 4.31. The Morgan fingerprint density at radius 2 is 1.95 bits per heavy atom. The molecule has 3 aromatic rings. The Kier molecular flexibility index (Phi) is 3.37. The zero-order valence-corrected chi connectivity index (χ0v) is 11.7. The van der Waals surface area contributed by atoms with Crippen molar-refractivity contribution < 1.29 is 0 Å². The molecule has 0 saturated carbocycles. The van der Waals surface area contributed by atoms with E-state index >= 15 is 0 Å². The Bertz CT molecular complexity index is 700. The van der Waals surface area contributed by atoms with Crippen LogP contribution in [0, 0.1) is 0 Å². The van der Waals surface area contributed by atoms with E-state index in [0.717, 1.165) is 17.8 Å². The quantitative estimate of drug-likeness (QED) is 0.786. The van der Waals surface area contributed by atoms with Crippen molar-refractivity contribution in [3.8, 4) is 0 Å². The van der Waals surface area contributed by atoms with E-state index in [-0.39, 0.29) is 6.04 Å². The number of fused-ring (bicyclic) bond motifs is 1. The summed E-state index contributed by atoms with van der Waals surface area (Å²) in [5.74, 6) is 0.858. The first-order valence-electron chi connectivity index (χ1n) is 6.91. The minimum Gasteiger partial charge on any atom is -0.362 e. The fourth-order valence-corrected chi connectivity index (χ4v) is 2.30. The van der Waals surface area contributed by atoms with Crippen LogP contribution in [0.1, 0.15) is 31.0 Å². The predicted octanol–water partition coefficient (Wildman–Crippen LogP) is 3.46. The van der Waals surface area contributed by atoms with Gasteiger partial charge in [-0.3, -0.25) is 0 Å². The molecule has 0 saturated heterocycles. The third-order valence-electron chi connectivity index (χ3n) is 3.57. The van der Waals surface area contributed by atoms with Crippen molar-refractivity contribution in [3.63, 3.8) is 0 Å². The molecule has 4 heteroatoms. The Labute approximate surface area is 118 Å². The van der Waals surface area contributed by atoms with Crippen LogP contribution in [0.4, 0.5) is 5.82 Å². The summed E-state index contributed by atoms with van der Waals surface area (Å²) in [5, 5.41) is 7.67. The van der Waals surface area contributed by atoms with Gasteiger partial charge in [-0.15, -0.1) is 0 Å². The monoisotopic (exact) mass is 266 g/mol. The van der Waals surface area contributed by atoms with E-state index in [0.29, 0.717) is 0 Å². The van der Waals surface area contributed by atoms with Crippen molar-refractivity contribution in [1.29, 1.82) is 0 Å². The molecular weight excluding hydrogens is 248 g/mol. The van der Waals surface area contributed by atoms with Gasteiger partial charge in [0.2, 0.25) is 0 Å². The fourth-order valence-electron chi connectivity index (χ4n) is 2.30. The summed E-state index contributed by atoms with van der Waals surface area (Å²) in [4.78, 5) is 4.41. The molecule has 0 bridgehead atoms. The maximum absolute atomic E-state index is 4.41. The average molecular weight is 266 g/mol. The van der Waals surface area contributed by atoms with E-state index in [4.69, 9.17) is 0 Å². The summed E-state index contributed by atoms with van der Waals surface area (Å²) < 4.78 is 1.82. The zero-order valence-electron chi connectivity index (χ0n) is 11.7. The van der Waals surface area contributed by atoms with E-state index in [1.807, 2.05) is 16.8 Å². The lowest BCUT2D eigenvalue weighted by Gasteiger charge is -2.16. The Balaban J connectivity index is 1.84. The van der Waals surface area contributed by atoms with Crippen molar-refractivity contribution in [1.82, 2.24) is 14.6 Å². The molecular formula is C16H18N4. The lowest BCUT2D eigenvalue weighted by molar-refractivity contribution is 0.865. The molecule has 102 valence electrons. The standard InChI is InChI=1S/C16H18N4/c1-3-13-4-6-14(7-5-13)12(2)19-16-15-8-9-18-20(15)11-10-17-16/h4-12H,3H2,1-2H3,(H,17,19). The number of nitrogens with one attached hydrogen (secondary N) is 1. The number of nitrogens with zero attached hydrogens (tertiary/aromatic N) is 3. The van der Waals surface area contributed by atoms with Gasteiger partial charge in [-0.25, -0.2) is 9.50 Å². The highest BCUT2D eigenvalue weighted by molar-refractivity contribution is 5.67. The number of hydrogen-bond acceptors (Lipinski definition) is 3. The highest BCUT2D eigenvalue weighted by Crippen LogP contribution is 2.21. The van der Waals surface area contributed by atoms with Crippen molar-refractivity contribution in [3.05, 3.63) is 60.0 Å². The van der Waals surface area contributed by atoms with Crippen LogP contribution < -0.4 is 5.32 Å². The lowest BCUT2D eigenvalue weighted by atomic mass is 10.1. The van der Waals surface area contributed by atoms with Crippen molar-refractivity contribution in [2.24, 2.45) is 0 Å². The van der Waals surface area contributed by atoms with Gasteiger partial charge in [-0.2, -0.15) is 5.10 Å². The van der Waals surface area contributed by atoms with Gasteiger partial charge in [0, 0.05) is 12.4 Å². The van der Waals surface area contributed by atoms with Gasteiger partial charge < -0.3 is 5.32 Å². The highest BCUT2D eigenvalue weighted by Gasteiger charge is 2.09. The van der Waals surface area contributed by atoms with Gasteiger partial charge >= 0.3 is 0 Å². The number of rotatable bonds is 4. The Morgan fingerprint density at radius 3 is 2.70 bits per heavy atom. The first kappa shape index (κ1) is 12.7. The molecule has 0 spiro atoms. The number of anilines is 1. The third-order valence-corrected chi connectivity index (χ3v) is 3.57. The van der Waals surface area contributed by atoms with E-state index in [1.165, 1.54) is 11.1 Å². The van der Waals surface area contributed by atoms with Crippen LogP contribution in [-0.2, 0) is 6.42 Å². The molecule has 2 heterocycles. The van der Waals surface area contributed by atoms with Crippen LogP contribution in [0.25, 0.3) is 5.52 Å². The molecule has 2 aromatic heterocycles. The normalized spacial score (nSPS) is 12.5. The minimum atomic E-state index is 0.203. The van der Waals surface area contributed by atoms with Gasteiger partial charge in [0.05, 0.1) is 12.2 Å². The van der Waals surface area contributed by atoms with Crippen LogP contribution in [-0.4, -0.2) is 14.6 Å². The maximum Gasteiger partial charge on any atom is 0.152 e. The van der Waals surface area contributed by atoms with Crippen molar-refractivity contribution in [2.45, 2.75) is 26.3 Å². The summed E-state index contributed by atoms with van der Waals surface area (Å²) in [6.07, 6.45) is 6.46. The molecule has 0 aliphatic carbocycles. The van der Waals surface area contributed by atoms with E-state index in [9.17, 15) is 0 Å². The minimum absolute atomic E-state index is 0.203. The van der Waals surface area contributed by atoms with Gasteiger partial charge in [-0.05, 0) is 30.5 Å². The molecule has 3 rings (SSSR count). The van der Waals surface area contributed by atoms with Crippen LogP contribution in [0.15, 0.2) is 48.9 Å². The Hall–Kier alpha value is -2.36. The van der Waals surface area contributed by atoms with Crippen LogP contribution in [0.2, 0.25) is 0 Å². The lowest BCUT2D eigenvalue weighted by Crippen LogP contribution is -2.09. The van der Waals surface area contributed by atoms with E-state index in [1.54, 1.807) is 12.4 Å². The third kappa shape index (κ3) is 2.37.